The van der Waals surface area contributed by atoms with E-state index in [1.807, 2.05) is 4.90 Å². The van der Waals surface area contributed by atoms with Crippen LogP contribution in [-0.2, 0) is 22.6 Å². The van der Waals surface area contributed by atoms with E-state index in [0.717, 1.165) is 38.8 Å². The summed E-state index contributed by atoms with van der Waals surface area (Å²) in [6, 6.07) is 10.4. The summed E-state index contributed by atoms with van der Waals surface area (Å²) in [5.74, 6) is -2.24. The number of carboxylic acids is 1. The third kappa shape index (κ3) is 8.36. The summed E-state index contributed by atoms with van der Waals surface area (Å²) >= 11 is 6.39. The Morgan fingerprint density at radius 1 is 1.02 bits per heavy atom. The number of aliphatic hydroxyl groups excluding tert-OH is 1. The van der Waals surface area contributed by atoms with E-state index in [0.29, 0.717) is 36.0 Å². The molecule has 3 N–H and O–H groups in total. The van der Waals surface area contributed by atoms with Gasteiger partial charge in [-0.05, 0) is 42.9 Å². The molecule has 3 aliphatic rings. The first-order chi connectivity index (χ1) is 20.3. The number of hydrogen-bond acceptors (Lipinski definition) is 7. The van der Waals surface area contributed by atoms with Crippen LogP contribution in [-0.4, -0.2) is 105 Å². The van der Waals surface area contributed by atoms with Gasteiger partial charge in [0.25, 0.3) is 5.91 Å². The summed E-state index contributed by atoms with van der Waals surface area (Å²) in [5.41, 5.74) is 3.11. The Balaban J connectivity index is 0.000000541. The van der Waals surface area contributed by atoms with Crippen LogP contribution >= 0.6 is 11.6 Å². The van der Waals surface area contributed by atoms with Gasteiger partial charge < -0.3 is 25.3 Å². The Kier molecular flexibility index (Phi) is 10.5. The lowest BCUT2D eigenvalue weighted by Crippen LogP contribution is -2.56. The lowest BCUT2D eigenvalue weighted by atomic mass is 9.94. The molecule has 2 saturated heterocycles. The van der Waals surface area contributed by atoms with Crippen molar-refractivity contribution in [1.29, 1.82) is 0 Å². The average molecular weight is 626 g/mol. The third-order valence-corrected chi connectivity index (χ3v) is 8.38. The number of piperidine rings is 2. The van der Waals surface area contributed by atoms with E-state index in [2.05, 4.69) is 39.5 Å². The van der Waals surface area contributed by atoms with E-state index in [9.17, 15) is 27.9 Å². The normalized spacial score (nSPS) is 21.3. The smallest absolute Gasteiger partial charge is 0.475 e. The maximum atomic E-state index is 13.4. The summed E-state index contributed by atoms with van der Waals surface area (Å²) in [6.45, 7) is 5.63. The molecule has 2 atom stereocenters. The Morgan fingerprint density at radius 3 is 2.26 bits per heavy atom. The van der Waals surface area contributed by atoms with E-state index in [1.54, 1.807) is 17.9 Å². The molecule has 2 aromatic rings. The largest absolute Gasteiger partial charge is 0.490 e. The van der Waals surface area contributed by atoms with Gasteiger partial charge in [0.15, 0.2) is 0 Å². The van der Waals surface area contributed by atoms with Crippen molar-refractivity contribution in [3.8, 4) is 0 Å². The fraction of sp³-hybridized carbons (Fsp3) is 0.517. The molecule has 43 heavy (non-hydrogen) atoms. The molecule has 0 radical (unpaired) electrons. The van der Waals surface area contributed by atoms with Gasteiger partial charge in [0.2, 0.25) is 5.91 Å². The molecule has 1 aromatic carbocycles. The molecule has 1 aromatic heterocycles. The fourth-order valence-corrected chi connectivity index (χ4v) is 5.91. The van der Waals surface area contributed by atoms with Gasteiger partial charge >= 0.3 is 12.1 Å². The molecular formula is C29H35ClF3N5O5. The molecule has 10 nitrogen and oxygen atoms in total. The van der Waals surface area contributed by atoms with Gasteiger partial charge in [0, 0.05) is 64.5 Å². The molecule has 2 amide bonds. The minimum atomic E-state index is -5.08. The summed E-state index contributed by atoms with van der Waals surface area (Å²) in [5, 5.41) is 21.8. The van der Waals surface area contributed by atoms with Crippen molar-refractivity contribution in [3.63, 3.8) is 0 Å². The Labute approximate surface area is 252 Å². The second-order valence-corrected chi connectivity index (χ2v) is 11.3. The first-order valence-corrected chi connectivity index (χ1v) is 14.5. The monoisotopic (exact) mass is 625 g/mol. The molecule has 0 saturated carbocycles. The van der Waals surface area contributed by atoms with Gasteiger partial charge in [0.1, 0.15) is 5.82 Å². The van der Waals surface area contributed by atoms with Crippen molar-refractivity contribution >= 4 is 35.2 Å². The highest BCUT2D eigenvalue weighted by Crippen LogP contribution is 2.28. The molecule has 2 fully saturated rings. The van der Waals surface area contributed by atoms with Gasteiger partial charge in [0.05, 0.1) is 16.7 Å². The number of rotatable bonds is 4. The van der Waals surface area contributed by atoms with Crippen molar-refractivity contribution in [1.82, 2.24) is 19.7 Å². The quantitative estimate of drug-likeness (QED) is 0.472. The van der Waals surface area contributed by atoms with Gasteiger partial charge in [-0.25, -0.2) is 9.78 Å². The number of likely N-dealkylation sites (tertiary alicyclic amines) is 2. The Bertz CT molecular complexity index is 1320. The Morgan fingerprint density at radius 2 is 1.65 bits per heavy atom. The summed E-state index contributed by atoms with van der Waals surface area (Å²) < 4.78 is 31.7. The maximum Gasteiger partial charge on any atom is 0.490 e. The van der Waals surface area contributed by atoms with Crippen molar-refractivity contribution < 1.29 is 37.8 Å². The number of carboxylic acid groups (broad SMARTS) is 1. The van der Waals surface area contributed by atoms with Gasteiger partial charge in [-0.2, -0.15) is 13.2 Å². The number of hydrogen-bond donors (Lipinski definition) is 3. The third-order valence-electron chi connectivity index (χ3n) is 8.08. The molecular weight excluding hydrogens is 591 g/mol. The number of nitrogens with one attached hydrogen (secondary N) is 1. The highest BCUT2D eigenvalue weighted by molar-refractivity contribution is 6.33. The van der Waals surface area contributed by atoms with E-state index in [1.165, 1.54) is 17.3 Å². The number of anilines is 1. The van der Waals surface area contributed by atoms with Crippen LogP contribution in [0, 0.1) is 0 Å². The van der Waals surface area contributed by atoms with Gasteiger partial charge in [-0.15, -0.1) is 0 Å². The number of benzene rings is 1. The number of aliphatic hydroxyl groups is 1. The number of carbonyl (C=O) groups is 3. The zero-order valence-corrected chi connectivity index (χ0v) is 24.4. The summed E-state index contributed by atoms with van der Waals surface area (Å²) in [4.78, 5) is 44.1. The van der Waals surface area contributed by atoms with Crippen LogP contribution in [0.5, 0.6) is 0 Å². The fourth-order valence-electron chi connectivity index (χ4n) is 5.73. The van der Waals surface area contributed by atoms with E-state index < -0.39 is 18.2 Å². The van der Waals surface area contributed by atoms with Crippen LogP contribution in [0.3, 0.4) is 0 Å². The molecule has 0 unspecified atom stereocenters. The first kappa shape index (κ1) is 32.5. The lowest BCUT2D eigenvalue weighted by Gasteiger charge is -2.43. The van der Waals surface area contributed by atoms with Crippen LogP contribution in [0.25, 0.3) is 0 Å². The Hall–Kier alpha value is -3.42. The molecule has 0 spiro atoms. The van der Waals surface area contributed by atoms with Crippen LogP contribution in [0.2, 0.25) is 5.02 Å². The molecule has 5 rings (SSSR count). The number of aliphatic carboxylic acids is 1. The summed E-state index contributed by atoms with van der Waals surface area (Å²) in [6.07, 6.45) is -0.828. The topological polar surface area (TPSA) is 126 Å². The summed E-state index contributed by atoms with van der Waals surface area (Å²) in [7, 11) is 0. The van der Waals surface area contributed by atoms with Crippen molar-refractivity contribution in [2.24, 2.45) is 0 Å². The number of nitrogens with zero attached hydrogens (tertiary/aromatic N) is 4. The van der Waals surface area contributed by atoms with Crippen molar-refractivity contribution in [2.45, 2.75) is 63.5 Å². The molecule has 0 bridgehead atoms. The highest BCUT2D eigenvalue weighted by atomic mass is 35.5. The van der Waals surface area contributed by atoms with Crippen LogP contribution < -0.4 is 5.32 Å². The number of fused-ring (bicyclic) bond motifs is 1. The predicted molar refractivity (Wildman–Crippen MR) is 153 cm³/mol. The molecule has 234 valence electrons. The zero-order valence-electron chi connectivity index (χ0n) is 23.7. The second-order valence-electron chi connectivity index (χ2n) is 10.9. The van der Waals surface area contributed by atoms with Crippen molar-refractivity contribution in [2.75, 3.05) is 38.0 Å². The second kappa shape index (κ2) is 13.9. The molecule has 0 aliphatic carbocycles. The maximum absolute atomic E-state index is 13.4. The number of aromatic nitrogens is 1. The molecule has 3 aliphatic heterocycles. The minimum absolute atomic E-state index is 0.0356. The van der Waals surface area contributed by atoms with E-state index in [4.69, 9.17) is 21.5 Å². The number of halogens is 4. The average Bonchev–Trinajstić information content (AvgIpc) is 2.97. The standard InChI is InChI=1S/C27H34ClN5O3.C2HF3O2/c1-18(34)31-11-7-21(8-12-31)30-26-14-22(23(28)15-29-26)27(36)33-13-9-24(25(35)17-33)32-10-6-19-4-2-3-5-20(19)16-32;3-2(4,5)1(6)7/h2-5,14-15,21,24-25,35H,6-13,16-17H2,1H3,(H,29,30);(H,6,7)/t24-,25-;/m0./s1. The zero-order chi connectivity index (χ0) is 31.3. The van der Waals surface area contributed by atoms with Gasteiger partial charge in [-0.3, -0.25) is 14.5 Å². The highest BCUT2D eigenvalue weighted by Gasteiger charge is 2.38. The van der Waals surface area contributed by atoms with Crippen LogP contribution in [0.1, 0.15) is 47.7 Å². The SMILES string of the molecule is CC(=O)N1CCC(Nc2cc(C(=O)N3CC[C@H](N4CCc5ccccc5C4)[C@@H](O)C3)c(Cl)cn2)CC1.O=C(O)C(F)(F)F. The molecule has 14 heteroatoms. The number of alkyl halides is 3. The number of pyridine rings is 1. The van der Waals surface area contributed by atoms with E-state index >= 15 is 0 Å². The van der Waals surface area contributed by atoms with E-state index in [-0.39, 0.29) is 30.4 Å². The first-order valence-electron chi connectivity index (χ1n) is 14.1. The van der Waals surface area contributed by atoms with Crippen molar-refractivity contribution in [3.05, 3.63) is 58.2 Å². The van der Waals surface area contributed by atoms with Crippen LogP contribution in [0.15, 0.2) is 36.5 Å². The lowest BCUT2D eigenvalue weighted by molar-refractivity contribution is -0.192. The number of β-amino-alcohol motifs (C(OH)–C–C–N with tert-alkyl or cyclic N) is 1. The van der Waals surface area contributed by atoms with Gasteiger partial charge in [-0.1, -0.05) is 35.9 Å². The number of carbonyl (C=O) groups excluding carboxylic acids is 2. The molecule has 4 heterocycles. The minimum Gasteiger partial charge on any atom is -0.475 e. The number of amides is 2. The van der Waals surface area contributed by atoms with Crippen LogP contribution in [0.4, 0.5) is 19.0 Å². The predicted octanol–water partition coefficient (Wildman–Crippen LogP) is 3.42.